The molecule has 0 spiro atoms. The maximum Gasteiger partial charge on any atom is 0.251 e. The van der Waals surface area contributed by atoms with Crippen molar-refractivity contribution in [3.05, 3.63) is 50.9 Å². The Balaban J connectivity index is 1.70. The zero-order chi connectivity index (χ0) is 13.9. The van der Waals surface area contributed by atoms with Crippen LogP contribution in [0, 0.1) is 0 Å². The molecule has 0 unspecified atom stereocenters. The van der Waals surface area contributed by atoms with E-state index in [0.717, 1.165) is 15.9 Å². The Hall–Kier alpha value is -1.11. The van der Waals surface area contributed by atoms with E-state index in [4.69, 9.17) is 0 Å². The van der Waals surface area contributed by atoms with Gasteiger partial charge in [0.25, 0.3) is 5.56 Å². The largest absolute Gasteiger partial charge is 0.310 e. The van der Waals surface area contributed by atoms with Crippen molar-refractivity contribution in [2.45, 2.75) is 35.5 Å². The number of benzene rings is 1. The first-order chi connectivity index (χ1) is 9.70. The van der Waals surface area contributed by atoms with E-state index in [1.54, 1.807) is 0 Å². The molecule has 0 bridgehead atoms. The van der Waals surface area contributed by atoms with Crippen LogP contribution in [0.2, 0.25) is 0 Å². The van der Waals surface area contributed by atoms with Crippen molar-refractivity contribution >= 4 is 27.7 Å². The molecule has 4 nitrogen and oxygen atoms in total. The highest BCUT2D eigenvalue weighted by molar-refractivity contribution is 9.10. The third-order valence-electron chi connectivity index (χ3n) is 3.05. The number of aromatic nitrogens is 2. The standard InChI is InChI=1S/C14H14BrN3OS/c15-12-7-11(20-14-16-6-5-13(19)18-14)4-1-9(12)8-17-10-2-3-10/h1,4-7,10,17H,2-3,8H2,(H,16,18,19). The third-order valence-corrected chi connectivity index (χ3v) is 4.67. The molecule has 0 saturated heterocycles. The first-order valence-corrected chi connectivity index (χ1v) is 8.06. The lowest BCUT2D eigenvalue weighted by atomic mass is 10.2. The Labute approximate surface area is 129 Å². The fourth-order valence-electron chi connectivity index (χ4n) is 1.79. The summed E-state index contributed by atoms with van der Waals surface area (Å²) in [4.78, 5) is 19.1. The van der Waals surface area contributed by atoms with Crippen LogP contribution in [0.15, 0.2) is 49.8 Å². The summed E-state index contributed by atoms with van der Waals surface area (Å²) in [6, 6.07) is 8.32. The monoisotopic (exact) mass is 351 g/mol. The summed E-state index contributed by atoms with van der Waals surface area (Å²) in [6.07, 6.45) is 4.10. The van der Waals surface area contributed by atoms with Gasteiger partial charge in [-0.2, -0.15) is 0 Å². The fraction of sp³-hybridized carbons (Fsp3) is 0.286. The van der Waals surface area contributed by atoms with Crippen LogP contribution in [0.4, 0.5) is 0 Å². The normalized spacial score (nSPS) is 14.4. The lowest BCUT2D eigenvalue weighted by Gasteiger charge is -2.08. The van der Waals surface area contributed by atoms with Crippen LogP contribution in [-0.4, -0.2) is 16.0 Å². The minimum atomic E-state index is -0.133. The summed E-state index contributed by atoms with van der Waals surface area (Å²) < 4.78 is 1.08. The van der Waals surface area contributed by atoms with E-state index < -0.39 is 0 Å². The second kappa shape index (κ2) is 6.11. The molecule has 0 amide bonds. The van der Waals surface area contributed by atoms with E-state index in [-0.39, 0.29) is 5.56 Å². The Kier molecular flexibility index (Phi) is 4.24. The minimum absolute atomic E-state index is 0.133. The molecule has 0 radical (unpaired) electrons. The third kappa shape index (κ3) is 3.71. The van der Waals surface area contributed by atoms with Crippen LogP contribution in [0.1, 0.15) is 18.4 Å². The molecule has 104 valence electrons. The number of nitrogens with zero attached hydrogens (tertiary/aromatic N) is 1. The van der Waals surface area contributed by atoms with Gasteiger partial charge in [-0.05, 0) is 30.5 Å². The van der Waals surface area contributed by atoms with Gasteiger partial charge in [0.2, 0.25) is 0 Å². The van der Waals surface area contributed by atoms with Crippen LogP contribution < -0.4 is 10.9 Å². The minimum Gasteiger partial charge on any atom is -0.310 e. The van der Waals surface area contributed by atoms with E-state index in [2.05, 4.69) is 43.3 Å². The highest BCUT2D eigenvalue weighted by atomic mass is 79.9. The summed E-state index contributed by atoms with van der Waals surface area (Å²) in [5, 5.41) is 4.10. The molecule has 1 aromatic heterocycles. The predicted molar refractivity (Wildman–Crippen MR) is 83.0 cm³/mol. The lowest BCUT2D eigenvalue weighted by Crippen LogP contribution is -2.15. The zero-order valence-electron chi connectivity index (χ0n) is 10.7. The number of hydrogen-bond acceptors (Lipinski definition) is 4. The molecule has 1 saturated carbocycles. The van der Waals surface area contributed by atoms with Crippen molar-refractivity contribution in [1.82, 2.24) is 15.3 Å². The molecule has 6 heteroatoms. The molecule has 1 fully saturated rings. The highest BCUT2D eigenvalue weighted by Gasteiger charge is 2.20. The van der Waals surface area contributed by atoms with Gasteiger partial charge in [-0.3, -0.25) is 4.79 Å². The molecule has 0 aliphatic heterocycles. The number of nitrogens with one attached hydrogen (secondary N) is 2. The topological polar surface area (TPSA) is 57.8 Å². The summed E-state index contributed by atoms with van der Waals surface area (Å²) in [7, 11) is 0. The number of hydrogen-bond donors (Lipinski definition) is 2. The first kappa shape index (κ1) is 13.9. The van der Waals surface area contributed by atoms with Gasteiger partial charge in [0.05, 0.1) is 0 Å². The van der Waals surface area contributed by atoms with Crippen molar-refractivity contribution in [2.24, 2.45) is 0 Å². The highest BCUT2D eigenvalue weighted by Crippen LogP contribution is 2.29. The summed E-state index contributed by atoms with van der Waals surface area (Å²) in [5.74, 6) is 0. The maximum atomic E-state index is 11.2. The molecule has 1 aromatic carbocycles. The number of aromatic amines is 1. The average Bonchev–Trinajstić information content (AvgIpc) is 3.22. The molecule has 2 N–H and O–H groups in total. The molecule has 2 aromatic rings. The molecule has 1 heterocycles. The van der Waals surface area contributed by atoms with Crippen molar-refractivity contribution in [3.8, 4) is 0 Å². The second-order valence-electron chi connectivity index (χ2n) is 4.75. The lowest BCUT2D eigenvalue weighted by molar-refractivity contribution is 0.685. The van der Waals surface area contributed by atoms with Crippen LogP contribution in [0.25, 0.3) is 0 Å². The van der Waals surface area contributed by atoms with Crippen molar-refractivity contribution in [2.75, 3.05) is 0 Å². The van der Waals surface area contributed by atoms with Crippen LogP contribution in [0.5, 0.6) is 0 Å². The second-order valence-corrected chi connectivity index (χ2v) is 6.67. The maximum absolute atomic E-state index is 11.2. The Morgan fingerprint density at radius 3 is 2.95 bits per heavy atom. The molecular weight excluding hydrogens is 338 g/mol. The van der Waals surface area contributed by atoms with E-state index in [9.17, 15) is 4.79 Å². The summed E-state index contributed by atoms with van der Waals surface area (Å²) in [6.45, 7) is 0.886. The molecule has 1 aliphatic carbocycles. The number of H-pyrrole nitrogens is 1. The molecule has 1 aliphatic rings. The van der Waals surface area contributed by atoms with Gasteiger partial charge < -0.3 is 10.3 Å². The SMILES string of the molecule is O=c1ccnc(Sc2ccc(CNC3CC3)c(Br)c2)[nH]1. The van der Waals surface area contributed by atoms with Crippen LogP contribution >= 0.6 is 27.7 Å². The molecule has 0 atom stereocenters. The van der Waals surface area contributed by atoms with Gasteiger partial charge in [-0.15, -0.1) is 0 Å². The van der Waals surface area contributed by atoms with Gasteiger partial charge in [-0.1, -0.05) is 33.8 Å². The van der Waals surface area contributed by atoms with Crippen molar-refractivity contribution in [1.29, 1.82) is 0 Å². The summed E-state index contributed by atoms with van der Waals surface area (Å²) in [5.41, 5.74) is 1.11. The molecule has 20 heavy (non-hydrogen) atoms. The first-order valence-electron chi connectivity index (χ1n) is 6.46. The van der Waals surface area contributed by atoms with Gasteiger partial charge in [0, 0.05) is 34.2 Å². The summed E-state index contributed by atoms with van der Waals surface area (Å²) >= 11 is 5.04. The smallest absolute Gasteiger partial charge is 0.251 e. The zero-order valence-corrected chi connectivity index (χ0v) is 13.1. The van der Waals surface area contributed by atoms with Gasteiger partial charge in [-0.25, -0.2) is 4.98 Å². The number of halogens is 1. The van der Waals surface area contributed by atoms with E-state index >= 15 is 0 Å². The molecular formula is C14H14BrN3OS. The Bertz CT molecular complexity index is 669. The van der Waals surface area contributed by atoms with Gasteiger partial charge in [0.15, 0.2) is 5.16 Å². The van der Waals surface area contributed by atoms with Crippen molar-refractivity contribution < 1.29 is 0 Å². The van der Waals surface area contributed by atoms with Crippen LogP contribution in [-0.2, 0) is 6.54 Å². The van der Waals surface area contributed by atoms with E-state index in [1.807, 2.05) is 6.07 Å². The van der Waals surface area contributed by atoms with Gasteiger partial charge >= 0.3 is 0 Å². The Morgan fingerprint density at radius 1 is 1.40 bits per heavy atom. The van der Waals surface area contributed by atoms with E-state index in [1.165, 1.54) is 42.4 Å². The van der Waals surface area contributed by atoms with Gasteiger partial charge in [0.1, 0.15) is 0 Å². The number of rotatable bonds is 5. The van der Waals surface area contributed by atoms with Crippen molar-refractivity contribution in [3.63, 3.8) is 0 Å². The predicted octanol–water partition coefficient (Wildman–Crippen LogP) is 2.94. The average molecular weight is 352 g/mol. The Morgan fingerprint density at radius 2 is 2.25 bits per heavy atom. The molecule has 3 rings (SSSR count). The fourth-order valence-corrected chi connectivity index (χ4v) is 3.26. The van der Waals surface area contributed by atoms with Crippen LogP contribution in [0.3, 0.4) is 0 Å². The van der Waals surface area contributed by atoms with E-state index in [0.29, 0.717) is 11.2 Å². The quantitative estimate of drug-likeness (QED) is 0.813.